The number of benzene rings is 1. The quantitative estimate of drug-likeness (QED) is 0.411. The molecule has 206 valence electrons. The van der Waals surface area contributed by atoms with Crippen LogP contribution in [0.25, 0.3) is 11.3 Å². The topological polar surface area (TPSA) is 127 Å². The van der Waals surface area contributed by atoms with Crippen LogP contribution in [0.5, 0.6) is 5.75 Å². The minimum Gasteiger partial charge on any atom is -0.493 e. The normalized spacial score (nSPS) is 15.5. The van der Waals surface area contributed by atoms with Gasteiger partial charge < -0.3 is 14.4 Å². The number of hydrogen-bond donors (Lipinski definition) is 2. The van der Waals surface area contributed by atoms with Gasteiger partial charge in [0.1, 0.15) is 17.4 Å². The van der Waals surface area contributed by atoms with Gasteiger partial charge in [0.15, 0.2) is 5.03 Å². The molecule has 0 spiro atoms. The first-order chi connectivity index (χ1) is 18.0. The van der Waals surface area contributed by atoms with E-state index in [1.165, 1.54) is 30.5 Å². The van der Waals surface area contributed by atoms with Crippen LogP contribution in [-0.4, -0.2) is 61.9 Å². The summed E-state index contributed by atoms with van der Waals surface area (Å²) in [4.78, 5) is 19.8. The molecule has 0 bridgehead atoms. The standard InChI is InChI=1S/C26H32FN5O5S.H2/c1-17(2)16-37-20-14-18(13-19(27)15-20)22-6-5-21(25(33)31-38(34,35)23-7-10-28-30-23)24(29-22)32-11-8-26(3,36-4)9-12-32;/h5-7,10,13-15,17H,8-9,11-12,16H2,1-4H3,(H,28,30)(H,31,33);1H. The molecule has 0 radical (unpaired) electrons. The predicted molar refractivity (Wildman–Crippen MR) is 142 cm³/mol. The average Bonchev–Trinajstić information content (AvgIpc) is 3.43. The van der Waals surface area contributed by atoms with Gasteiger partial charge in [0.05, 0.1) is 29.7 Å². The molecule has 0 atom stereocenters. The predicted octanol–water partition coefficient (Wildman–Crippen LogP) is 4.02. The second-order valence-corrected chi connectivity index (χ2v) is 11.6. The maximum atomic E-state index is 14.5. The first-order valence-corrected chi connectivity index (χ1v) is 13.8. The molecule has 1 saturated heterocycles. The molecule has 3 heterocycles. The summed E-state index contributed by atoms with van der Waals surface area (Å²) in [5.74, 6) is -0.385. The van der Waals surface area contributed by atoms with Crippen molar-refractivity contribution < 1.29 is 28.5 Å². The third-order valence-electron chi connectivity index (χ3n) is 6.48. The van der Waals surface area contributed by atoms with E-state index in [1.807, 2.05) is 25.7 Å². The molecule has 3 aromatic rings. The number of anilines is 1. The number of carbonyl (C=O) groups is 1. The summed E-state index contributed by atoms with van der Waals surface area (Å²) in [5, 5.41) is 5.74. The maximum absolute atomic E-state index is 14.5. The van der Waals surface area contributed by atoms with Gasteiger partial charge in [-0.2, -0.15) is 13.5 Å². The lowest BCUT2D eigenvalue weighted by Crippen LogP contribution is -2.45. The van der Waals surface area contributed by atoms with Crippen molar-refractivity contribution in [1.29, 1.82) is 0 Å². The monoisotopic (exact) mass is 547 g/mol. The van der Waals surface area contributed by atoms with Gasteiger partial charge in [-0.05, 0) is 56.0 Å². The smallest absolute Gasteiger partial charge is 0.281 e. The molecule has 4 rings (SSSR count). The van der Waals surface area contributed by atoms with Gasteiger partial charge in [-0.1, -0.05) is 13.8 Å². The van der Waals surface area contributed by atoms with Crippen molar-refractivity contribution in [2.45, 2.75) is 44.2 Å². The summed E-state index contributed by atoms with van der Waals surface area (Å²) in [7, 11) is -2.51. The van der Waals surface area contributed by atoms with Crippen LogP contribution < -0.4 is 14.4 Å². The number of halogens is 1. The molecule has 2 aromatic heterocycles. The van der Waals surface area contributed by atoms with Crippen molar-refractivity contribution in [3.05, 3.63) is 54.0 Å². The number of amides is 1. The van der Waals surface area contributed by atoms with Crippen LogP contribution in [0.15, 0.2) is 47.6 Å². The maximum Gasteiger partial charge on any atom is 0.281 e. The van der Waals surface area contributed by atoms with Crippen molar-refractivity contribution in [3.63, 3.8) is 0 Å². The van der Waals surface area contributed by atoms with E-state index in [4.69, 9.17) is 14.5 Å². The Labute approximate surface area is 223 Å². The van der Waals surface area contributed by atoms with E-state index in [0.717, 1.165) is 0 Å². The van der Waals surface area contributed by atoms with Gasteiger partial charge in [-0.25, -0.2) is 14.1 Å². The van der Waals surface area contributed by atoms with Crippen LogP contribution >= 0.6 is 0 Å². The Morgan fingerprint density at radius 2 is 1.97 bits per heavy atom. The Bertz CT molecular complexity index is 1390. The molecule has 10 nitrogen and oxygen atoms in total. The number of nitrogens with zero attached hydrogens (tertiary/aromatic N) is 3. The number of aromatic nitrogens is 3. The van der Waals surface area contributed by atoms with E-state index in [1.54, 1.807) is 19.2 Å². The number of rotatable bonds is 9. The third kappa shape index (κ3) is 6.30. The highest BCUT2D eigenvalue weighted by Gasteiger charge is 2.32. The summed E-state index contributed by atoms with van der Waals surface area (Å²) < 4.78 is 53.2. The number of nitrogens with one attached hydrogen (secondary N) is 2. The lowest BCUT2D eigenvalue weighted by molar-refractivity contribution is -0.0133. The number of carbonyl (C=O) groups excluding carboxylic acids is 1. The first kappa shape index (κ1) is 27.5. The van der Waals surface area contributed by atoms with Gasteiger partial charge in [-0.15, -0.1) is 0 Å². The number of H-pyrrole nitrogens is 1. The fourth-order valence-corrected chi connectivity index (χ4v) is 4.98. The Morgan fingerprint density at radius 1 is 1.24 bits per heavy atom. The molecule has 1 aliphatic rings. The van der Waals surface area contributed by atoms with Gasteiger partial charge in [0.25, 0.3) is 15.9 Å². The summed E-state index contributed by atoms with van der Waals surface area (Å²) in [6.45, 7) is 7.50. The molecule has 0 unspecified atom stereocenters. The highest BCUT2D eigenvalue weighted by molar-refractivity contribution is 7.90. The zero-order valence-corrected chi connectivity index (χ0v) is 22.6. The van der Waals surface area contributed by atoms with Crippen molar-refractivity contribution in [2.75, 3.05) is 31.7 Å². The number of ether oxygens (including phenoxy) is 2. The fourth-order valence-electron chi connectivity index (χ4n) is 4.10. The van der Waals surface area contributed by atoms with E-state index in [-0.39, 0.29) is 23.5 Å². The first-order valence-electron chi connectivity index (χ1n) is 12.3. The molecule has 1 aliphatic heterocycles. The molecule has 0 saturated carbocycles. The molecule has 2 N–H and O–H groups in total. The number of methoxy groups -OCH3 is 1. The van der Waals surface area contributed by atoms with Crippen molar-refractivity contribution >= 4 is 21.7 Å². The molecular formula is C26H34FN5O5S. The van der Waals surface area contributed by atoms with E-state index in [0.29, 0.717) is 55.4 Å². The van der Waals surface area contributed by atoms with Crippen LogP contribution in [0.1, 0.15) is 45.4 Å². The summed E-state index contributed by atoms with van der Waals surface area (Å²) in [5.41, 5.74) is 0.652. The Kier molecular flexibility index (Phi) is 8.02. The molecule has 38 heavy (non-hydrogen) atoms. The van der Waals surface area contributed by atoms with Crippen molar-refractivity contribution in [1.82, 2.24) is 19.9 Å². The summed E-state index contributed by atoms with van der Waals surface area (Å²) in [6, 6.07) is 8.65. The number of sulfonamides is 1. The number of aromatic amines is 1. The summed E-state index contributed by atoms with van der Waals surface area (Å²) >= 11 is 0. The fraction of sp³-hybridized carbons (Fsp3) is 0.423. The van der Waals surface area contributed by atoms with Crippen LogP contribution in [-0.2, 0) is 14.8 Å². The van der Waals surface area contributed by atoms with Crippen molar-refractivity contribution in [3.8, 4) is 17.0 Å². The molecular weight excluding hydrogens is 513 g/mol. The van der Waals surface area contributed by atoms with Crippen LogP contribution in [0.3, 0.4) is 0 Å². The van der Waals surface area contributed by atoms with Crippen LogP contribution in [0, 0.1) is 11.7 Å². The molecule has 1 amide bonds. The van der Waals surface area contributed by atoms with E-state index < -0.39 is 21.7 Å². The molecule has 12 heteroatoms. The van der Waals surface area contributed by atoms with Crippen molar-refractivity contribution in [2.24, 2.45) is 5.92 Å². The SMILES string of the molecule is COC1(C)CCN(c2nc(-c3cc(F)cc(OCC(C)C)c3)ccc2C(=O)NS(=O)(=O)c2ccn[nH]2)CC1.[HH]. The lowest BCUT2D eigenvalue weighted by Gasteiger charge is -2.39. The van der Waals surface area contributed by atoms with E-state index >= 15 is 0 Å². The van der Waals surface area contributed by atoms with Crippen LogP contribution in [0.2, 0.25) is 0 Å². The third-order valence-corrected chi connectivity index (χ3v) is 7.74. The second-order valence-electron chi connectivity index (χ2n) is 9.94. The van der Waals surface area contributed by atoms with Gasteiger partial charge in [0.2, 0.25) is 0 Å². The number of pyridine rings is 1. The largest absolute Gasteiger partial charge is 0.493 e. The van der Waals surface area contributed by atoms with E-state index in [9.17, 15) is 17.6 Å². The zero-order valence-electron chi connectivity index (χ0n) is 21.8. The highest BCUT2D eigenvalue weighted by atomic mass is 32.2. The van der Waals surface area contributed by atoms with Gasteiger partial charge in [0, 0.05) is 33.3 Å². The van der Waals surface area contributed by atoms with E-state index in [2.05, 4.69) is 14.9 Å². The zero-order chi connectivity index (χ0) is 27.5. The van der Waals surface area contributed by atoms with Gasteiger partial charge in [-0.3, -0.25) is 9.89 Å². The Morgan fingerprint density at radius 3 is 2.61 bits per heavy atom. The highest BCUT2D eigenvalue weighted by Crippen LogP contribution is 2.32. The van der Waals surface area contributed by atoms with Crippen LogP contribution in [0.4, 0.5) is 10.2 Å². The number of piperidine rings is 1. The number of hydrogen-bond acceptors (Lipinski definition) is 8. The molecule has 1 fully saturated rings. The second kappa shape index (κ2) is 11.1. The molecule has 0 aliphatic carbocycles. The minimum absolute atomic E-state index is 0. The Balaban J connectivity index is 0.00000420. The van der Waals surface area contributed by atoms with Gasteiger partial charge >= 0.3 is 0 Å². The summed E-state index contributed by atoms with van der Waals surface area (Å²) in [6.07, 6.45) is 2.63. The lowest BCUT2D eigenvalue weighted by atomic mass is 9.93. The average molecular weight is 548 g/mol. The Hall–Kier alpha value is -3.51. The minimum atomic E-state index is -4.17. The molecule has 1 aromatic carbocycles.